The first-order valence-electron chi connectivity index (χ1n) is 3.79. The third-order valence-electron chi connectivity index (χ3n) is 1.88. The Labute approximate surface area is 96.0 Å². The van der Waals surface area contributed by atoms with Crippen LogP contribution in [0.25, 0.3) is 10.9 Å². The van der Waals surface area contributed by atoms with E-state index in [0.29, 0.717) is 10.5 Å². The maximum atomic E-state index is 13.3. The Kier molecular flexibility index (Phi) is 2.60. The molecule has 0 fully saturated rings. The molecule has 0 bridgehead atoms. The second kappa shape index (κ2) is 3.64. The van der Waals surface area contributed by atoms with E-state index in [9.17, 15) is 13.2 Å². The lowest BCUT2D eigenvalue weighted by molar-refractivity contribution is 0.504. The van der Waals surface area contributed by atoms with E-state index in [2.05, 4.69) is 20.9 Å². The zero-order valence-corrected chi connectivity index (χ0v) is 9.33. The Morgan fingerprint density at radius 3 is 2.53 bits per heavy atom. The molecule has 0 atom stereocenters. The summed E-state index contributed by atoms with van der Waals surface area (Å²) >= 11 is 8.76. The monoisotopic (exact) mass is 295 g/mol. The van der Waals surface area contributed by atoms with E-state index in [0.717, 1.165) is 0 Å². The minimum atomic E-state index is -1.29. The quantitative estimate of drug-likeness (QED) is 0.668. The molecule has 1 heterocycles. The molecule has 1 nitrogen and oxygen atoms in total. The lowest BCUT2D eigenvalue weighted by Crippen LogP contribution is -1.94. The molecule has 0 radical (unpaired) electrons. The first kappa shape index (κ1) is 10.7. The molecule has 78 valence electrons. The van der Waals surface area contributed by atoms with Gasteiger partial charge in [0.1, 0.15) is 11.3 Å². The number of fused-ring (bicyclic) bond motifs is 1. The lowest BCUT2D eigenvalue weighted by atomic mass is 10.2. The average Bonchev–Trinajstić information content (AvgIpc) is 2.18. The van der Waals surface area contributed by atoms with Crippen LogP contribution in [-0.4, -0.2) is 4.98 Å². The van der Waals surface area contributed by atoms with Gasteiger partial charge in [-0.1, -0.05) is 11.6 Å². The van der Waals surface area contributed by atoms with E-state index >= 15 is 0 Å². The highest BCUT2D eigenvalue weighted by atomic mass is 79.9. The van der Waals surface area contributed by atoms with Crippen LogP contribution < -0.4 is 0 Å². The van der Waals surface area contributed by atoms with Crippen molar-refractivity contribution in [3.63, 3.8) is 0 Å². The molecule has 0 amide bonds. The molecule has 15 heavy (non-hydrogen) atoms. The summed E-state index contributed by atoms with van der Waals surface area (Å²) in [6.07, 6.45) is 1.19. The maximum absolute atomic E-state index is 13.3. The summed E-state index contributed by atoms with van der Waals surface area (Å²) in [7, 11) is 0. The summed E-state index contributed by atoms with van der Waals surface area (Å²) in [5.74, 6) is -3.44. The van der Waals surface area contributed by atoms with Gasteiger partial charge in [-0.05, 0) is 15.9 Å². The van der Waals surface area contributed by atoms with E-state index in [1.807, 2.05) is 0 Å². The maximum Gasteiger partial charge on any atom is 0.185 e. The summed E-state index contributed by atoms with van der Waals surface area (Å²) in [6, 6.07) is 0.442. The van der Waals surface area contributed by atoms with E-state index in [4.69, 9.17) is 11.6 Å². The minimum Gasteiger partial charge on any atom is -0.252 e. The fourth-order valence-corrected chi connectivity index (χ4v) is 1.74. The highest BCUT2D eigenvalue weighted by Gasteiger charge is 2.17. The summed E-state index contributed by atoms with van der Waals surface area (Å²) in [5, 5.41) is -0.263. The van der Waals surface area contributed by atoms with Crippen LogP contribution in [-0.2, 0) is 0 Å². The van der Waals surface area contributed by atoms with Crippen LogP contribution in [0.2, 0.25) is 5.02 Å². The predicted molar refractivity (Wildman–Crippen MR) is 54.3 cm³/mol. The van der Waals surface area contributed by atoms with Gasteiger partial charge < -0.3 is 0 Å². The van der Waals surface area contributed by atoms with Gasteiger partial charge in [-0.3, -0.25) is 4.98 Å². The van der Waals surface area contributed by atoms with Crippen LogP contribution in [0.5, 0.6) is 0 Å². The Morgan fingerprint density at radius 1 is 1.20 bits per heavy atom. The molecule has 1 aromatic carbocycles. The number of benzene rings is 1. The van der Waals surface area contributed by atoms with Crippen LogP contribution in [0, 0.1) is 17.5 Å². The summed E-state index contributed by atoms with van der Waals surface area (Å²) < 4.78 is 39.7. The molecule has 0 aliphatic carbocycles. The van der Waals surface area contributed by atoms with Gasteiger partial charge in [0, 0.05) is 12.3 Å². The first-order valence-corrected chi connectivity index (χ1v) is 4.96. The topological polar surface area (TPSA) is 12.9 Å². The molecular formula is C9H2BrClF3N. The molecule has 2 rings (SSSR count). The van der Waals surface area contributed by atoms with Crippen molar-refractivity contribution in [3.8, 4) is 0 Å². The molecule has 1 aromatic heterocycles. The summed E-state index contributed by atoms with van der Waals surface area (Å²) in [5.41, 5.74) is -0.416. The lowest BCUT2D eigenvalue weighted by Gasteiger charge is -2.04. The summed E-state index contributed by atoms with van der Waals surface area (Å²) in [6.45, 7) is 0. The molecule has 0 aliphatic heterocycles. The van der Waals surface area contributed by atoms with Gasteiger partial charge in [0.2, 0.25) is 0 Å². The van der Waals surface area contributed by atoms with Crippen molar-refractivity contribution < 1.29 is 13.2 Å². The van der Waals surface area contributed by atoms with Crippen molar-refractivity contribution in [3.05, 3.63) is 39.2 Å². The van der Waals surface area contributed by atoms with Crippen molar-refractivity contribution in [1.29, 1.82) is 0 Å². The van der Waals surface area contributed by atoms with Gasteiger partial charge in [-0.2, -0.15) is 0 Å². The Bertz CT molecular complexity index is 559. The molecule has 6 heteroatoms. The van der Waals surface area contributed by atoms with Gasteiger partial charge in [-0.25, -0.2) is 13.2 Å². The summed E-state index contributed by atoms with van der Waals surface area (Å²) in [4.78, 5) is 3.58. The number of halogens is 5. The standard InChI is InChI=1S/C9H2BrClF3N/c10-3-2-15-9-6(7(3)11)4(12)1-5(13)8(9)14/h1-2H. The SMILES string of the molecule is Fc1cc(F)c2c(Cl)c(Br)cnc2c1F. The van der Waals surface area contributed by atoms with Gasteiger partial charge in [-0.15, -0.1) is 0 Å². The Hall–Kier alpha value is -0.810. The van der Waals surface area contributed by atoms with Gasteiger partial charge in [0.05, 0.1) is 14.9 Å². The molecule has 0 unspecified atom stereocenters. The van der Waals surface area contributed by atoms with Crippen LogP contribution in [0.4, 0.5) is 13.2 Å². The first-order chi connectivity index (χ1) is 7.02. The Balaban J connectivity index is 3.03. The predicted octanol–water partition coefficient (Wildman–Crippen LogP) is 4.07. The average molecular weight is 296 g/mol. The fraction of sp³-hybridized carbons (Fsp3) is 0. The zero-order valence-electron chi connectivity index (χ0n) is 6.99. The third kappa shape index (κ3) is 1.59. The second-order valence-electron chi connectivity index (χ2n) is 2.80. The molecule has 0 aliphatic rings. The van der Waals surface area contributed by atoms with Crippen molar-refractivity contribution in [2.75, 3.05) is 0 Å². The van der Waals surface area contributed by atoms with E-state index < -0.39 is 23.0 Å². The number of rotatable bonds is 0. The van der Waals surface area contributed by atoms with Crippen LogP contribution in [0.3, 0.4) is 0 Å². The molecule has 0 saturated heterocycles. The molecule has 0 N–H and O–H groups in total. The van der Waals surface area contributed by atoms with Crippen LogP contribution >= 0.6 is 27.5 Å². The van der Waals surface area contributed by atoms with E-state index in [1.165, 1.54) is 6.20 Å². The van der Waals surface area contributed by atoms with Gasteiger partial charge in [0.15, 0.2) is 11.6 Å². The minimum absolute atomic E-state index is 0.0311. The molecule has 2 aromatic rings. The molecule has 0 saturated carbocycles. The van der Waals surface area contributed by atoms with E-state index in [1.54, 1.807) is 0 Å². The number of aromatic nitrogens is 1. The highest BCUT2D eigenvalue weighted by molar-refractivity contribution is 9.10. The van der Waals surface area contributed by atoms with Crippen molar-refractivity contribution in [1.82, 2.24) is 4.98 Å². The number of hydrogen-bond donors (Lipinski definition) is 0. The second-order valence-corrected chi connectivity index (χ2v) is 4.03. The fourth-order valence-electron chi connectivity index (χ4n) is 1.21. The van der Waals surface area contributed by atoms with Crippen molar-refractivity contribution >= 4 is 38.4 Å². The largest absolute Gasteiger partial charge is 0.252 e. The molecular weight excluding hydrogens is 294 g/mol. The highest BCUT2D eigenvalue weighted by Crippen LogP contribution is 2.33. The number of nitrogens with zero attached hydrogens (tertiary/aromatic N) is 1. The van der Waals surface area contributed by atoms with Gasteiger partial charge in [0.25, 0.3) is 0 Å². The third-order valence-corrected chi connectivity index (χ3v) is 3.10. The smallest absolute Gasteiger partial charge is 0.185 e. The van der Waals surface area contributed by atoms with Crippen LogP contribution in [0.1, 0.15) is 0 Å². The van der Waals surface area contributed by atoms with Crippen molar-refractivity contribution in [2.45, 2.75) is 0 Å². The number of hydrogen-bond acceptors (Lipinski definition) is 1. The van der Waals surface area contributed by atoms with Crippen LogP contribution in [0.15, 0.2) is 16.7 Å². The number of pyridine rings is 1. The van der Waals surface area contributed by atoms with E-state index in [-0.39, 0.29) is 10.4 Å². The Morgan fingerprint density at radius 2 is 1.87 bits per heavy atom. The molecule has 0 spiro atoms. The normalized spacial score (nSPS) is 11.0. The van der Waals surface area contributed by atoms with Crippen molar-refractivity contribution in [2.24, 2.45) is 0 Å². The zero-order chi connectivity index (χ0) is 11.2. The van der Waals surface area contributed by atoms with Gasteiger partial charge >= 0.3 is 0 Å².